The van der Waals surface area contributed by atoms with Crippen LogP contribution in [0.2, 0.25) is 0 Å². The van der Waals surface area contributed by atoms with Crippen molar-refractivity contribution in [1.82, 2.24) is 0 Å². The number of hydrogen-bond donors (Lipinski definition) is 0. The Hall–Kier alpha value is -1.11. The van der Waals surface area contributed by atoms with Crippen LogP contribution in [0.1, 0.15) is 66.5 Å². The largest absolute Gasteiger partial charge is 0.425 e. The Balaban J connectivity index is 3.82. The third kappa shape index (κ3) is 4.93. The average Bonchev–Trinajstić information content (AvgIpc) is 2.30. The van der Waals surface area contributed by atoms with Crippen molar-refractivity contribution >= 4 is 34.5 Å². The van der Waals surface area contributed by atoms with Crippen molar-refractivity contribution in [3.63, 3.8) is 0 Å². The van der Waals surface area contributed by atoms with Gasteiger partial charge in [0.1, 0.15) is 0 Å². The van der Waals surface area contributed by atoms with Crippen molar-refractivity contribution in [2.75, 3.05) is 0 Å². The highest BCUT2D eigenvalue weighted by Crippen LogP contribution is 2.45. The summed E-state index contributed by atoms with van der Waals surface area (Å²) in [6.45, 7) is 15.1. The van der Waals surface area contributed by atoms with Crippen LogP contribution >= 0.6 is 22.6 Å². The Morgan fingerprint density at radius 2 is 1.13 bits per heavy atom. The molecular weight excluding hydrogens is 407 g/mol. The zero-order valence-electron chi connectivity index (χ0n) is 15.1. The minimum absolute atomic E-state index is 0.223. The van der Waals surface area contributed by atoms with Gasteiger partial charge in [0.05, 0.1) is 3.57 Å². The summed E-state index contributed by atoms with van der Waals surface area (Å²) in [4.78, 5) is 23.1. The SMILES string of the molecule is CC(=O)Oc1c(C(C)(C)C)cc(C(C)(C)C)c(OC(C)=O)c1I. The van der Waals surface area contributed by atoms with Gasteiger partial charge >= 0.3 is 11.9 Å². The lowest BCUT2D eigenvalue weighted by Gasteiger charge is -2.29. The van der Waals surface area contributed by atoms with Crippen LogP contribution in [0.5, 0.6) is 11.5 Å². The van der Waals surface area contributed by atoms with Gasteiger partial charge in [-0.1, -0.05) is 41.5 Å². The van der Waals surface area contributed by atoms with Gasteiger partial charge in [-0.15, -0.1) is 0 Å². The standard InChI is InChI=1S/C18H25IO4/c1-10(20)22-15-12(17(3,4)5)9-13(18(6,7)8)16(14(15)19)23-11(2)21/h9H,1-8H3. The van der Waals surface area contributed by atoms with Crippen LogP contribution in [0.25, 0.3) is 0 Å². The molecule has 1 aromatic carbocycles. The van der Waals surface area contributed by atoms with Crippen molar-refractivity contribution in [3.05, 3.63) is 20.8 Å². The van der Waals surface area contributed by atoms with Crippen molar-refractivity contribution in [3.8, 4) is 11.5 Å². The van der Waals surface area contributed by atoms with Crippen molar-refractivity contribution in [2.45, 2.75) is 66.2 Å². The number of ether oxygens (including phenoxy) is 2. The molecule has 5 heteroatoms. The normalized spacial score (nSPS) is 12.0. The van der Waals surface area contributed by atoms with Gasteiger partial charge in [-0.2, -0.15) is 0 Å². The number of benzene rings is 1. The van der Waals surface area contributed by atoms with E-state index in [0.717, 1.165) is 11.1 Å². The zero-order valence-corrected chi connectivity index (χ0v) is 17.2. The van der Waals surface area contributed by atoms with Crippen LogP contribution in [0.3, 0.4) is 0 Å². The molecule has 1 rings (SSSR count). The summed E-state index contributed by atoms with van der Waals surface area (Å²) in [5.74, 6) is 0.140. The van der Waals surface area contributed by atoms with Gasteiger partial charge in [0.15, 0.2) is 11.5 Å². The van der Waals surface area contributed by atoms with E-state index in [0.29, 0.717) is 15.1 Å². The summed E-state index contributed by atoms with van der Waals surface area (Å²) >= 11 is 2.08. The molecule has 0 atom stereocenters. The molecule has 23 heavy (non-hydrogen) atoms. The first-order chi connectivity index (χ1) is 10.2. The minimum atomic E-state index is -0.398. The van der Waals surface area contributed by atoms with Gasteiger partial charge in [-0.05, 0) is 39.5 Å². The van der Waals surface area contributed by atoms with Crippen LogP contribution < -0.4 is 9.47 Å². The molecule has 128 valence electrons. The summed E-state index contributed by atoms with van der Waals surface area (Å²) in [6, 6.07) is 1.98. The van der Waals surface area contributed by atoms with E-state index in [4.69, 9.17) is 9.47 Å². The second-order valence-electron chi connectivity index (χ2n) is 7.63. The molecule has 0 radical (unpaired) electrons. The molecule has 0 N–H and O–H groups in total. The van der Waals surface area contributed by atoms with E-state index in [1.165, 1.54) is 13.8 Å². The van der Waals surface area contributed by atoms with Gasteiger partial charge in [-0.3, -0.25) is 9.59 Å². The second kappa shape index (κ2) is 6.79. The Morgan fingerprint density at radius 3 is 1.35 bits per heavy atom. The van der Waals surface area contributed by atoms with Crippen LogP contribution in [-0.2, 0) is 20.4 Å². The first-order valence-corrected chi connectivity index (χ1v) is 8.57. The third-order valence-electron chi connectivity index (χ3n) is 3.28. The van der Waals surface area contributed by atoms with Crippen molar-refractivity contribution in [2.24, 2.45) is 0 Å². The van der Waals surface area contributed by atoms with E-state index in [-0.39, 0.29) is 10.8 Å². The molecule has 0 saturated heterocycles. The lowest BCUT2D eigenvalue weighted by molar-refractivity contribution is -0.132. The highest BCUT2D eigenvalue weighted by Gasteiger charge is 2.31. The van der Waals surface area contributed by atoms with Gasteiger partial charge < -0.3 is 9.47 Å². The Labute approximate surface area is 152 Å². The molecule has 0 aliphatic heterocycles. The number of hydrogen-bond acceptors (Lipinski definition) is 4. The predicted molar refractivity (Wildman–Crippen MR) is 99.2 cm³/mol. The van der Waals surface area contributed by atoms with E-state index < -0.39 is 11.9 Å². The summed E-state index contributed by atoms with van der Waals surface area (Å²) in [5.41, 5.74) is 1.38. The first-order valence-electron chi connectivity index (χ1n) is 7.49. The molecule has 0 bridgehead atoms. The molecule has 1 aromatic rings. The summed E-state index contributed by atoms with van der Waals surface area (Å²) in [5, 5.41) is 0. The fourth-order valence-corrected chi connectivity index (χ4v) is 3.02. The zero-order chi connectivity index (χ0) is 18.2. The van der Waals surface area contributed by atoms with Gasteiger partial charge in [0.2, 0.25) is 0 Å². The predicted octanol–water partition coefficient (Wildman–Crippen LogP) is 4.74. The summed E-state index contributed by atoms with van der Waals surface area (Å²) in [6.07, 6.45) is 0. The van der Waals surface area contributed by atoms with Crippen LogP contribution in [0.4, 0.5) is 0 Å². The molecule has 4 nitrogen and oxygen atoms in total. The third-order valence-corrected chi connectivity index (χ3v) is 4.26. The van der Waals surface area contributed by atoms with Crippen LogP contribution in [0.15, 0.2) is 6.07 Å². The molecule has 0 unspecified atom stereocenters. The van der Waals surface area contributed by atoms with Gasteiger partial charge in [-0.25, -0.2) is 0 Å². The monoisotopic (exact) mass is 432 g/mol. The molecule has 0 aromatic heterocycles. The molecule has 0 amide bonds. The second-order valence-corrected chi connectivity index (χ2v) is 8.71. The molecule has 0 spiro atoms. The Morgan fingerprint density at radius 1 is 0.826 bits per heavy atom. The number of carbonyl (C=O) groups is 2. The fraction of sp³-hybridized carbons (Fsp3) is 0.556. The van der Waals surface area contributed by atoms with E-state index in [9.17, 15) is 9.59 Å². The maximum atomic E-state index is 11.5. The van der Waals surface area contributed by atoms with Gasteiger partial charge in [0, 0.05) is 25.0 Å². The quantitative estimate of drug-likeness (QED) is 0.385. The number of carbonyl (C=O) groups excluding carboxylic acids is 2. The van der Waals surface area contributed by atoms with E-state index in [1.807, 2.05) is 6.07 Å². The van der Waals surface area contributed by atoms with Crippen LogP contribution in [0, 0.1) is 3.57 Å². The van der Waals surface area contributed by atoms with E-state index in [1.54, 1.807) is 0 Å². The molecule has 0 aliphatic carbocycles. The minimum Gasteiger partial charge on any atom is -0.425 e. The molecule has 0 aliphatic rings. The van der Waals surface area contributed by atoms with E-state index in [2.05, 4.69) is 64.1 Å². The summed E-state index contributed by atoms with van der Waals surface area (Å²) in [7, 11) is 0. The summed E-state index contributed by atoms with van der Waals surface area (Å²) < 4.78 is 11.6. The lowest BCUT2D eigenvalue weighted by atomic mass is 9.79. The number of rotatable bonds is 2. The topological polar surface area (TPSA) is 52.6 Å². The Bertz CT molecular complexity index is 582. The van der Waals surface area contributed by atoms with Gasteiger partial charge in [0.25, 0.3) is 0 Å². The van der Waals surface area contributed by atoms with Crippen molar-refractivity contribution < 1.29 is 19.1 Å². The first kappa shape index (κ1) is 19.9. The molecule has 0 heterocycles. The molecular formula is C18H25IO4. The maximum absolute atomic E-state index is 11.5. The molecule has 0 fully saturated rings. The number of esters is 2. The highest BCUT2D eigenvalue weighted by molar-refractivity contribution is 14.1. The fourth-order valence-electron chi connectivity index (χ4n) is 2.22. The smallest absolute Gasteiger partial charge is 0.308 e. The van der Waals surface area contributed by atoms with Crippen LogP contribution in [-0.4, -0.2) is 11.9 Å². The maximum Gasteiger partial charge on any atom is 0.308 e. The highest BCUT2D eigenvalue weighted by atomic mass is 127. The van der Waals surface area contributed by atoms with E-state index >= 15 is 0 Å². The Kier molecular flexibility index (Phi) is 5.88. The lowest BCUT2D eigenvalue weighted by Crippen LogP contribution is -2.22. The average molecular weight is 432 g/mol. The molecule has 0 saturated carbocycles. The number of halogens is 1. The van der Waals surface area contributed by atoms with Crippen molar-refractivity contribution in [1.29, 1.82) is 0 Å².